The van der Waals surface area contributed by atoms with Crippen LogP contribution in [0.3, 0.4) is 0 Å². The summed E-state index contributed by atoms with van der Waals surface area (Å²) in [5.74, 6) is -0.0438. The van der Waals surface area contributed by atoms with E-state index in [-0.39, 0.29) is 11.6 Å². The fourth-order valence-corrected chi connectivity index (χ4v) is 1.11. The molecule has 0 aliphatic heterocycles. The van der Waals surface area contributed by atoms with E-state index in [4.69, 9.17) is 4.74 Å². The molecule has 2 nitrogen and oxygen atoms in total. The van der Waals surface area contributed by atoms with Gasteiger partial charge in [0.05, 0.1) is 0 Å². The molecular weight excluding hydrogens is 168 g/mol. The zero-order valence-electron chi connectivity index (χ0n) is 8.64. The molecule has 0 aliphatic rings. The summed E-state index contributed by atoms with van der Waals surface area (Å²) < 4.78 is 5.27. The van der Waals surface area contributed by atoms with Crippen LogP contribution in [-0.2, 0) is 9.53 Å². The monoisotopic (exact) mass is 188 g/mol. The van der Waals surface area contributed by atoms with Gasteiger partial charge in [0, 0.05) is 16.7 Å². The summed E-state index contributed by atoms with van der Waals surface area (Å²) in [6.45, 7) is 5.93. The van der Waals surface area contributed by atoms with Crippen LogP contribution in [0, 0.1) is 0 Å². The molecule has 0 heterocycles. The third-order valence-corrected chi connectivity index (χ3v) is 2.68. The lowest BCUT2D eigenvalue weighted by atomic mass is 10.1. The Bertz CT molecular complexity index is 143. The van der Waals surface area contributed by atoms with Crippen LogP contribution in [0.4, 0.5) is 0 Å². The summed E-state index contributed by atoms with van der Waals surface area (Å²) in [6.07, 6.45) is 2.46. The molecule has 12 heavy (non-hydrogen) atoms. The molecule has 0 unspecified atom stereocenters. The topological polar surface area (TPSA) is 26.3 Å². The smallest absolute Gasteiger partial charge is 0.306 e. The van der Waals surface area contributed by atoms with Gasteiger partial charge in [-0.1, -0.05) is 13.0 Å². The highest BCUT2D eigenvalue weighted by Gasteiger charge is 2.19. The maximum Gasteiger partial charge on any atom is 0.306 e. The van der Waals surface area contributed by atoms with Gasteiger partial charge in [0.25, 0.3) is 0 Å². The van der Waals surface area contributed by atoms with Crippen molar-refractivity contribution in [3.05, 3.63) is 0 Å². The van der Waals surface area contributed by atoms with E-state index in [1.54, 1.807) is 0 Å². The van der Waals surface area contributed by atoms with E-state index in [1.165, 1.54) is 16.3 Å². The van der Waals surface area contributed by atoms with Gasteiger partial charge in [-0.2, -0.15) is 0 Å². The molecule has 0 bridgehead atoms. The van der Waals surface area contributed by atoms with Gasteiger partial charge in [-0.05, 0) is 26.7 Å². The van der Waals surface area contributed by atoms with Crippen molar-refractivity contribution in [1.82, 2.24) is 0 Å². The van der Waals surface area contributed by atoms with Crippen LogP contribution in [0.25, 0.3) is 0 Å². The predicted molar refractivity (Wildman–Crippen MR) is 54.4 cm³/mol. The van der Waals surface area contributed by atoms with Crippen LogP contribution in [0.15, 0.2) is 0 Å². The molecule has 0 saturated heterocycles. The van der Waals surface area contributed by atoms with E-state index < -0.39 is 0 Å². The fraction of sp³-hybridized carbons (Fsp3) is 0.889. The van der Waals surface area contributed by atoms with Gasteiger partial charge in [-0.15, -0.1) is 0 Å². The number of rotatable bonds is 5. The van der Waals surface area contributed by atoms with E-state index in [0.717, 1.165) is 12.8 Å². The molecule has 0 fully saturated rings. The average molecular weight is 188 g/mol. The lowest BCUT2D eigenvalue weighted by Gasteiger charge is -2.23. The Morgan fingerprint density at radius 3 is 2.50 bits per heavy atom. The lowest BCUT2D eigenvalue weighted by Crippen LogP contribution is -2.26. The van der Waals surface area contributed by atoms with Crippen molar-refractivity contribution >= 4 is 16.2 Å². The first-order valence-electron chi connectivity index (χ1n) is 4.73. The number of ether oxygens (including phenoxy) is 1. The van der Waals surface area contributed by atoms with E-state index in [2.05, 4.69) is 0 Å². The highest BCUT2D eigenvalue weighted by Crippen LogP contribution is 2.14. The minimum absolute atomic E-state index is 0.0438. The molecule has 0 atom stereocenters. The first-order valence-corrected chi connectivity index (χ1v) is 6.15. The van der Waals surface area contributed by atoms with E-state index >= 15 is 0 Å². The minimum Gasteiger partial charge on any atom is -0.460 e. The van der Waals surface area contributed by atoms with E-state index in [0.29, 0.717) is 6.42 Å². The minimum atomic E-state index is -0.276. The quantitative estimate of drug-likeness (QED) is 0.480. The highest BCUT2D eigenvalue weighted by molar-refractivity contribution is 6.08. The van der Waals surface area contributed by atoms with Crippen molar-refractivity contribution in [3.8, 4) is 0 Å². The van der Waals surface area contributed by atoms with E-state index in [9.17, 15) is 4.79 Å². The Morgan fingerprint density at radius 2 is 2.08 bits per heavy atom. The molecule has 0 aliphatic carbocycles. The Kier molecular flexibility index (Phi) is 5.21. The van der Waals surface area contributed by atoms with Gasteiger partial charge < -0.3 is 4.74 Å². The maximum atomic E-state index is 11.2. The van der Waals surface area contributed by atoms with Gasteiger partial charge in [-0.25, -0.2) is 0 Å². The summed E-state index contributed by atoms with van der Waals surface area (Å²) in [7, 11) is 1.18. The number of carbonyl (C=O) groups excluding carboxylic acids is 1. The molecule has 0 saturated carbocycles. The van der Waals surface area contributed by atoms with Gasteiger partial charge in [-0.3, -0.25) is 4.79 Å². The molecule has 0 radical (unpaired) electrons. The highest BCUT2D eigenvalue weighted by atomic mass is 28.1. The normalized spacial score (nSPS) is 11.6. The molecule has 0 aromatic rings. The Labute approximate surface area is 78.1 Å². The van der Waals surface area contributed by atoms with Crippen molar-refractivity contribution in [2.24, 2.45) is 0 Å². The van der Waals surface area contributed by atoms with Crippen LogP contribution < -0.4 is 0 Å². The SMILES string of the molecule is CCC(C)(C)OC(=O)CCC[SiH3]. The van der Waals surface area contributed by atoms with Gasteiger partial charge in [0.1, 0.15) is 5.60 Å². The first kappa shape index (κ1) is 11.7. The fourth-order valence-electron chi connectivity index (χ4n) is 0.752. The standard InChI is InChI=1S/C9H20O2Si/c1-4-9(2,3)11-8(10)6-5-7-12/h4-7H2,1-3,12H3. The Morgan fingerprint density at radius 1 is 1.50 bits per heavy atom. The molecule has 0 rings (SSSR count). The Hall–Kier alpha value is -0.313. The molecule has 72 valence electrons. The molecule has 0 spiro atoms. The van der Waals surface area contributed by atoms with Crippen LogP contribution >= 0.6 is 0 Å². The average Bonchev–Trinajstić information content (AvgIpc) is 2.00. The zero-order valence-corrected chi connectivity index (χ0v) is 10.6. The van der Waals surface area contributed by atoms with E-state index in [1.807, 2.05) is 20.8 Å². The molecule has 3 heteroatoms. The second kappa shape index (κ2) is 5.35. The summed E-state index contributed by atoms with van der Waals surface area (Å²) in [6, 6.07) is 1.18. The molecule has 0 N–H and O–H groups in total. The largest absolute Gasteiger partial charge is 0.460 e. The summed E-state index contributed by atoms with van der Waals surface area (Å²) in [5, 5.41) is 0. The summed E-state index contributed by atoms with van der Waals surface area (Å²) in [4.78, 5) is 11.2. The third kappa shape index (κ3) is 5.35. The molecular formula is C9H20O2Si. The first-order chi connectivity index (χ1) is 5.52. The number of hydrogen-bond donors (Lipinski definition) is 0. The predicted octanol–water partition coefficient (Wildman–Crippen LogP) is 1.28. The maximum absolute atomic E-state index is 11.2. The van der Waals surface area contributed by atoms with Gasteiger partial charge >= 0.3 is 5.97 Å². The lowest BCUT2D eigenvalue weighted by molar-refractivity contribution is -0.156. The van der Waals surface area contributed by atoms with Crippen LogP contribution in [-0.4, -0.2) is 21.8 Å². The molecule has 0 aromatic carbocycles. The zero-order chi connectivity index (χ0) is 9.61. The van der Waals surface area contributed by atoms with Crippen molar-refractivity contribution in [2.45, 2.75) is 51.7 Å². The van der Waals surface area contributed by atoms with Crippen LogP contribution in [0.2, 0.25) is 6.04 Å². The van der Waals surface area contributed by atoms with Crippen LogP contribution in [0.1, 0.15) is 40.0 Å². The van der Waals surface area contributed by atoms with Crippen molar-refractivity contribution < 1.29 is 9.53 Å². The number of carbonyl (C=O) groups is 1. The molecule has 0 aromatic heterocycles. The molecule has 0 amide bonds. The Balaban J connectivity index is 3.68. The van der Waals surface area contributed by atoms with Crippen molar-refractivity contribution in [3.63, 3.8) is 0 Å². The number of esters is 1. The van der Waals surface area contributed by atoms with Crippen LogP contribution in [0.5, 0.6) is 0 Å². The van der Waals surface area contributed by atoms with Gasteiger partial charge in [0.15, 0.2) is 0 Å². The third-order valence-electron chi connectivity index (χ3n) is 1.98. The summed E-state index contributed by atoms with van der Waals surface area (Å²) >= 11 is 0. The van der Waals surface area contributed by atoms with Crippen molar-refractivity contribution in [2.75, 3.05) is 0 Å². The number of hydrogen-bond acceptors (Lipinski definition) is 2. The van der Waals surface area contributed by atoms with Gasteiger partial charge in [0.2, 0.25) is 0 Å². The summed E-state index contributed by atoms with van der Waals surface area (Å²) in [5.41, 5.74) is -0.276. The second-order valence-corrected chi connectivity index (χ2v) is 4.69. The van der Waals surface area contributed by atoms with Crippen molar-refractivity contribution in [1.29, 1.82) is 0 Å². The second-order valence-electron chi connectivity index (χ2n) is 3.69.